The van der Waals surface area contributed by atoms with Gasteiger partial charge >= 0.3 is 0 Å². The summed E-state index contributed by atoms with van der Waals surface area (Å²) in [5.41, 5.74) is 3.21. The Bertz CT molecular complexity index is 718. The molecule has 102 valence electrons. The maximum Gasteiger partial charge on any atom is 0.137 e. The molecule has 0 fully saturated rings. The fraction of sp³-hybridized carbons (Fsp3) is 0.200. The highest BCUT2D eigenvalue weighted by Crippen LogP contribution is 2.22. The zero-order valence-corrected chi connectivity index (χ0v) is 11.9. The quantitative estimate of drug-likeness (QED) is 0.771. The van der Waals surface area contributed by atoms with Gasteiger partial charge in [-0.05, 0) is 37.1 Å². The molecule has 0 aliphatic heterocycles. The number of hydrogen-bond acceptors (Lipinski definition) is 3. The second-order valence-corrected chi connectivity index (χ2v) is 5.13. The highest BCUT2D eigenvalue weighted by atomic mass is 35.5. The number of aromatic nitrogens is 3. The van der Waals surface area contributed by atoms with Gasteiger partial charge in [0.25, 0.3) is 0 Å². The molecule has 2 heterocycles. The summed E-state index contributed by atoms with van der Waals surface area (Å²) < 4.78 is 0. The Labute approximate surface area is 122 Å². The summed E-state index contributed by atoms with van der Waals surface area (Å²) in [5.74, 6) is 0.878. The molecule has 3 rings (SSSR count). The Hall–Kier alpha value is -2.07. The number of aryl methyl sites for hydroxylation is 1. The van der Waals surface area contributed by atoms with Crippen molar-refractivity contribution in [1.29, 1.82) is 0 Å². The topological polar surface area (TPSA) is 53.6 Å². The van der Waals surface area contributed by atoms with Gasteiger partial charge in [0.15, 0.2) is 0 Å². The van der Waals surface area contributed by atoms with E-state index in [4.69, 9.17) is 11.6 Å². The Kier molecular flexibility index (Phi) is 3.56. The van der Waals surface area contributed by atoms with Crippen LogP contribution in [-0.4, -0.2) is 21.7 Å². The zero-order chi connectivity index (χ0) is 13.9. The predicted octanol–water partition coefficient (Wildman–Crippen LogP) is 3.57. The summed E-state index contributed by atoms with van der Waals surface area (Å²) in [6, 6.07) is 9.84. The molecule has 20 heavy (non-hydrogen) atoms. The number of aromatic amines is 1. The normalized spacial score (nSPS) is 10.9. The van der Waals surface area contributed by atoms with Gasteiger partial charge in [-0.3, -0.25) is 5.10 Å². The number of benzene rings is 1. The lowest BCUT2D eigenvalue weighted by Gasteiger charge is -2.07. The Balaban J connectivity index is 1.71. The number of pyridine rings is 1. The number of fused-ring (bicyclic) bond motifs is 1. The van der Waals surface area contributed by atoms with Gasteiger partial charge in [0.2, 0.25) is 0 Å². The van der Waals surface area contributed by atoms with Crippen molar-refractivity contribution in [3.63, 3.8) is 0 Å². The molecule has 3 aromatic rings. The van der Waals surface area contributed by atoms with Crippen LogP contribution in [0.4, 0.5) is 5.82 Å². The van der Waals surface area contributed by atoms with Crippen LogP contribution in [0.5, 0.6) is 0 Å². The average molecular weight is 287 g/mol. The smallest absolute Gasteiger partial charge is 0.137 e. The summed E-state index contributed by atoms with van der Waals surface area (Å²) in [7, 11) is 0. The Morgan fingerprint density at radius 1 is 1.20 bits per heavy atom. The molecule has 0 radical (unpaired) electrons. The first-order valence-corrected chi connectivity index (χ1v) is 6.90. The Morgan fingerprint density at radius 3 is 2.80 bits per heavy atom. The van der Waals surface area contributed by atoms with Crippen molar-refractivity contribution >= 4 is 28.3 Å². The second kappa shape index (κ2) is 5.51. The summed E-state index contributed by atoms with van der Waals surface area (Å²) >= 11 is 5.88. The summed E-state index contributed by atoms with van der Waals surface area (Å²) in [4.78, 5) is 4.39. The van der Waals surface area contributed by atoms with Crippen LogP contribution in [-0.2, 0) is 6.42 Å². The van der Waals surface area contributed by atoms with Crippen LogP contribution in [0, 0.1) is 6.92 Å². The molecule has 0 atom stereocenters. The van der Waals surface area contributed by atoms with Crippen LogP contribution in [0.15, 0.2) is 36.5 Å². The van der Waals surface area contributed by atoms with E-state index in [1.165, 1.54) is 5.56 Å². The molecule has 0 bridgehead atoms. The molecule has 5 heteroatoms. The van der Waals surface area contributed by atoms with E-state index in [0.717, 1.165) is 40.4 Å². The molecule has 0 unspecified atom stereocenters. The standard InChI is InChI=1S/C15H15ClN4/c1-10-14-13(20-19-10)7-9-18-15(14)17-8-6-11-2-4-12(16)5-3-11/h2-5,7,9H,6,8H2,1H3,(H,17,18)(H,19,20). The third-order valence-corrected chi connectivity index (χ3v) is 3.53. The van der Waals surface area contributed by atoms with Crippen molar-refractivity contribution in [1.82, 2.24) is 15.2 Å². The summed E-state index contributed by atoms with van der Waals surface area (Å²) in [6.07, 6.45) is 2.71. The van der Waals surface area contributed by atoms with Crippen LogP contribution in [0.3, 0.4) is 0 Å². The number of anilines is 1. The molecule has 0 spiro atoms. The van der Waals surface area contributed by atoms with Gasteiger partial charge in [0.05, 0.1) is 16.6 Å². The molecule has 0 saturated carbocycles. The van der Waals surface area contributed by atoms with Gasteiger partial charge in [0.1, 0.15) is 5.82 Å². The lowest BCUT2D eigenvalue weighted by atomic mass is 10.1. The second-order valence-electron chi connectivity index (χ2n) is 4.69. The first-order chi connectivity index (χ1) is 9.74. The zero-order valence-electron chi connectivity index (χ0n) is 11.2. The van der Waals surface area contributed by atoms with Crippen LogP contribution >= 0.6 is 11.6 Å². The fourth-order valence-electron chi connectivity index (χ4n) is 2.23. The molecule has 0 amide bonds. The average Bonchev–Trinajstić information content (AvgIpc) is 2.84. The van der Waals surface area contributed by atoms with Crippen molar-refractivity contribution in [2.45, 2.75) is 13.3 Å². The first-order valence-electron chi connectivity index (χ1n) is 6.52. The molecule has 2 N–H and O–H groups in total. The number of nitrogens with zero attached hydrogens (tertiary/aromatic N) is 2. The molecule has 0 saturated heterocycles. The van der Waals surface area contributed by atoms with E-state index < -0.39 is 0 Å². The van der Waals surface area contributed by atoms with Gasteiger partial charge in [-0.2, -0.15) is 5.10 Å². The maximum absolute atomic E-state index is 5.88. The number of halogens is 1. The van der Waals surface area contributed by atoms with E-state index in [1.54, 1.807) is 6.20 Å². The Morgan fingerprint density at radius 2 is 2.00 bits per heavy atom. The van der Waals surface area contributed by atoms with E-state index in [-0.39, 0.29) is 0 Å². The fourth-order valence-corrected chi connectivity index (χ4v) is 2.36. The molecule has 2 aromatic heterocycles. The predicted molar refractivity (Wildman–Crippen MR) is 82.3 cm³/mol. The van der Waals surface area contributed by atoms with E-state index >= 15 is 0 Å². The molecule has 0 aliphatic rings. The van der Waals surface area contributed by atoms with Crippen LogP contribution in [0.25, 0.3) is 10.9 Å². The van der Waals surface area contributed by atoms with Gasteiger partial charge in [-0.15, -0.1) is 0 Å². The lowest BCUT2D eigenvalue weighted by Crippen LogP contribution is -2.06. The first kappa shape index (κ1) is 12.9. The molecular formula is C15H15ClN4. The minimum Gasteiger partial charge on any atom is -0.369 e. The highest BCUT2D eigenvalue weighted by molar-refractivity contribution is 6.30. The monoisotopic (exact) mass is 286 g/mol. The molecule has 0 aliphatic carbocycles. The number of nitrogens with one attached hydrogen (secondary N) is 2. The third kappa shape index (κ3) is 2.60. The molecule has 1 aromatic carbocycles. The van der Waals surface area contributed by atoms with Crippen LogP contribution in [0.2, 0.25) is 5.02 Å². The van der Waals surface area contributed by atoms with Crippen molar-refractivity contribution in [3.8, 4) is 0 Å². The van der Waals surface area contributed by atoms with Gasteiger partial charge < -0.3 is 5.32 Å². The number of rotatable bonds is 4. The summed E-state index contributed by atoms with van der Waals surface area (Å²) in [5, 5.41) is 12.4. The minimum absolute atomic E-state index is 0.766. The largest absolute Gasteiger partial charge is 0.369 e. The molecular weight excluding hydrogens is 272 g/mol. The molecule has 4 nitrogen and oxygen atoms in total. The number of hydrogen-bond donors (Lipinski definition) is 2. The van der Waals surface area contributed by atoms with Gasteiger partial charge in [-0.1, -0.05) is 23.7 Å². The minimum atomic E-state index is 0.766. The summed E-state index contributed by atoms with van der Waals surface area (Å²) in [6.45, 7) is 2.79. The lowest BCUT2D eigenvalue weighted by molar-refractivity contribution is 1.01. The van der Waals surface area contributed by atoms with E-state index in [1.807, 2.05) is 37.3 Å². The van der Waals surface area contributed by atoms with Crippen molar-refractivity contribution in [2.75, 3.05) is 11.9 Å². The van der Waals surface area contributed by atoms with Gasteiger partial charge in [0, 0.05) is 17.8 Å². The highest BCUT2D eigenvalue weighted by Gasteiger charge is 2.07. The van der Waals surface area contributed by atoms with E-state index in [0.29, 0.717) is 0 Å². The van der Waals surface area contributed by atoms with Crippen molar-refractivity contribution in [3.05, 3.63) is 52.8 Å². The van der Waals surface area contributed by atoms with Gasteiger partial charge in [-0.25, -0.2) is 4.98 Å². The van der Waals surface area contributed by atoms with Crippen molar-refractivity contribution < 1.29 is 0 Å². The van der Waals surface area contributed by atoms with Crippen molar-refractivity contribution in [2.24, 2.45) is 0 Å². The SMILES string of the molecule is Cc1n[nH]c2ccnc(NCCc3ccc(Cl)cc3)c12. The maximum atomic E-state index is 5.88. The van der Waals surface area contributed by atoms with E-state index in [2.05, 4.69) is 20.5 Å². The van der Waals surface area contributed by atoms with Crippen LogP contribution < -0.4 is 5.32 Å². The van der Waals surface area contributed by atoms with E-state index in [9.17, 15) is 0 Å². The number of H-pyrrole nitrogens is 1. The third-order valence-electron chi connectivity index (χ3n) is 3.28. The van der Waals surface area contributed by atoms with Crippen LogP contribution in [0.1, 0.15) is 11.3 Å².